The summed E-state index contributed by atoms with van der Waals surface area (Å²) in [6.07, 6.45) is 0. The minimum Gasteiger partial charge on any atom is -0.487 e. The van der Waals surface area contributed by atoms with E-state index >= 15 is 0 Å². The SMILES string of the molecule is Cc1cc(COc2ccccc2)nc(C(=O)O)n1. The molecular weight excluding hydrogens is 232 g/mol. The molecule has 0 aliphatic carbocycles. The summed E-state index contributed by atoms with van der Waals surface area (Å²) in [6, 6.07) is 11.0. The second-order valence-corrected chi connectivity index (χ2v) is 3.73. The third kappa shape index (κ3) is 3.04. The third-order valence-corrected chi connectivity index (χ3v) is 2.23. The van der Waals surface area contributed by atoms with Gasteiger partial charge in [0, 0.05) is 5.69 Å². The average Bonchev–Trinajstić information content (AvgIpc) is 2.37. The van der Waals surface area contributed by atoms with Crippen molar-refractivity contribution in [3.05, 3.63) is 53.6 Å². The number of carbonyl (C=O) groups is 1. The average molecular weight is 244 g/mol. The van der Waals surface area contributed by atoms with Crippen molar-refractivity contribution >= 4 is 5.97 Å². The molecule has 0 saturated heterocycles. The molecule has 0 saturated carbocycles. The minimum atomic E-state index is -1.14. The summed E-state index contributed by atoms with van der Waals surface area (Å²) in [5.74, 6) is -0.632. The van der Waals surface area contributed by atoms with Crippen LogP contribution in [0.1, 0.15) is 22.0 Å². The van der Waals surface area contributed by atoms with Crippen molar-refractivity contribution in [1.29, 1.82) is 0 Å². The molecule has 18 heavy (non-hydrogen) atoms. The first-order chi connectivity index (χ1) is 8.65. The Kier molecular flexibility index (Phi) is 3.52. The molecule has 0 bridgehead atoms. The highest BCUT2D eigenvalue weighted by atomic mass is 16.5. The van der Waals surface area contributed by atoms with Gasteiger partial charge in [0.15, 0.2) is 0 Å². The van der Waals surface area contributed by atoms with Crippen molar-refractivity contribution in [2.24, 2.45) is 0 Å². The first-order valence-electron chi connectivity index (χ1n) is 5.41. The molecule has 0 amide bonds. The number of ether oxygens (including phenoxy) is 1. The Balaban J connectivity index is 2.12. The first-order valence-corrected chi connectivity index (χ1v) is 5.41. The molecule has 5 nitrogen and oxygen atoms in total. The second kappa shape index (κ2) is 5.27. The number of rotatable bonds is 4. The fraction of sp³-hybridized carbons (Fsp3) is 0.154. The fourth-order valence-corrected chi connectivity index (χ4v) is 1.48. The van der Waals surface area contributed by atoms with Crippen LogP contribution in [0.25, 0.3) is 0 Å². The van der Waals surface area contributed by atoms with Crippen LogP contribution in [0.4, 0.5) is 0 Å². The smallest absolute Gasteiger partial charge is 0.373 e. The van der Waals surface area contributed by atoms with Crippen LogP contribution in [0, 0.1) is 6.92 Å². The lowest BCUT2D eigenvalue weighted by molar-refractivity contribution is 0.0682. The van der Waals surface area contributed by atoms with Gasteiger partial charge in [-0.15, -0.1) is 0 Å². The molecule has 1 aromatic heterocycles. The van der Waals surface area contributed by atoms with Gasteiger partial charge in [-0.25, -0.2) is 14.8 Å². The largest absolute Gasteiger partial charge is 0.487 e. The van der Waals surface area contributed by atoms with Crippen molar-refractivity contribution in [2.75, 3.05) is 0 Å². The summed E-state index contributed by atoms with van der Waals surface area (Å²) in [7, 11) is 0. The number of hydrogen-bond acceptors (Lipinski definition) is 4. The molecule has 2 aromatic rings. The van der Waals surface area contributed by atoms with E-state index in [-0.39, 0.29) is 12.4 Å². The lowest BCUT2D eigenvalue weighted by Gasteiger charge is -2.06. The molecule has 1 N–H and O–H groups in total. The highest BCUT2D eigenvalue weighted by Crippen LogP contribution is 2.11. The molecule has 0 unspecified atom stereocenters. The van der Waals surface area contributed by atoms with Gasteiger partial charge in [-0.05, 0) is 25.1 Å². The van der Waals surface area contributed by atoms with Crippen molar-refractivity contribution in [3.8, 4) is 5.75 Å². The number of carboxylic acids is 1. The number of aromatic carboxylic acids is 1. The second-order valence-electron chi connectivity index (χ2n) is 3.73. The number of benzene rings is 1. The monoisotopic (exact) mass is 244 g/mol. The van der Waals surface area contributed by atoms with Crippen LogP contribution >= 0.6 is 0 Å². The molecule has 1 heterocycles. The number of hydrogen-bond donors (Lipinski definition) is 1. The Hall–Kier alpha value is -2.43. The predicted molar refractivity (Wildman–Crippen MR) is 64.5 cm³/mol. The predicted octanol–water partition coefficient (Wildman–Crippen LogP) is 2.06. The topological polar surface area (TPSA) is 72.3 Å². The van der Waals surface area contributed by atoms with Gasteiger partial charge in [0.05, 0.1) is 5.69 Å². The Morgan fingerprint density at radius 2 is 2.00 bits per heavy atom. The molecule has 5 heteroatoms. The van der Waals surface area contributed by atoms with Crippen LogP contribution in [0.5, 0.6) is 5.75 Å². The number of aryl methyl sites for hydroxylation is 1. The van der Waals surface area contributed by atoms with Crippen LogP contribution in [0.2, 0.25) is 0 Å². The van der Waals surface area contributed by atoms with Gasteiger partial charge in [-0.3, -0.25) is 0 Å². The Morgan fingerprint density at radius 3 is 2.67 bits per heavy atom. The maximum Gasteiger partial charge on any atom is 0.373 e. The summed E-state index contributed by atoms with van der Waals surface area (Å²) >= 11 is 0. The van der Waals surface area contributed by atoms with Crippen molar-refractivity contribution in [3.63, 3.8) is 0 Å². The van der Waals surface area contributed by atoms with E-state index in [2.05, 4.69) is 9.97 Å². The highest BCUT2D eigenvalue weighted by molar-refractivity contribution is 5.83. The molecule has 0 aliphatic heterocycles. The number of para-hydroxylation sites is 1. The molecule has 1 aromatic carbocycles. The summed E-state index contributed by atoms with van der Waals surface area (Å²) in [5, 5.41) is 8.85. The van der Waals surface area contributed by atoms with Crippen molar-refractivity contribution in [1.82, 2.24) is 9.97 Å². The van der Waals surface area contributed by atoms with Crippen LogP contribution in [-0.4, -0.2) is 21.0 Å². The van der Waals surface area contributed by atoms with Gasteiger partial charge >= 0.3 is 5.97 Å². The van der Waals surface area contributed by atoms with Crippen LogP contribution in [0.15, 0.2) is 36.4 Å². The third-order valence-electron chi connectivity index (χ3n) is 2.23. The quantitative estimate of drug-likeness (QED) is 0.891. The van der Waals surface area contributed by atoms with Gasteiger partial charge < -0.3 is 9.84 Å². The first kappa shape index (κ1) is 12.0. The lowest BCUT2D eigenvalue weighted by Crippen LogP contribution is -2.09. The molecule has 0 radical (unpaired) electrons. The van der Waals surface area contributed by atoms with E-state index in [1.807, 2.05) is 30.3 Å². The fourth-order valence-electron chi connectivity index (χ4n) is 1.48. The maximum absolute atomic E-state index is 10.8. The zero-order chi connectivity index (χ0) is 13.0. The van der Waals surface area contributed by atoms with Crippen LogP contribution in [-0.2, 0) is 6.61 Å². The molecule has 0 atom stereocenters. The van der Waals surface area contributed by atoms with E-state index in [9.17, 15) is 4.79 Å². The zero-order valence-electron chi connectivity index (χ0n) is 9.83. The van der Waals surface area contributed by atoms with Gasteiger partial charge in [-0.1, -0.05) is 18.2 Å². The molecular formula is C13H12N2O3. The van der Waals surface area contributed by atoms with E-state index < -0.39 is 5.97 Å². The number of nitrogens with zero attached hydrogens (tertiary/aromatic N) is 2. The van der Waals surface area contributed by atoms with E-state index in [0.29, 0.717) is 17.1 Å². The molecule has 0 aliphatic rings. The molecule has 0 fully saturated rings. The highest BCUT2D eigenvalue weighted by Gasteiger charge is 2.09. The van der Waals surface area contributed by atoms with Crippen molar-refractivity contribution < 1.29 is 14.6 Å². The van der Waals surface area contributed by atoms with E-state index in [1.165, 1.54) is 0 Å². The molecule has 2 rings (SSSR count). The van der Waals surface area contributed by atoms with Gasteiger partial charge in [0.25, 0.3) is 0 Å². The molecule has 92 valence electrons. The maximum atomic E-state index is 10.8. The van der Waals surface area contributed by atoms with Crippen molar-refractivity contribution in [2.45, 2.75) is 13.5 Å². The number of carboxylic acid groups (broad SMARTS) is 1. The Labute approximate surface area is 104 Å². The normalized spacial score (nSPS) is 10.1. The van der Waals surface area contributed by atoms with E-state index in [4.69, 9.17) is 9.84 Å². The van der Waals surface area contributed by atoms with E-state index in [1.54, 1.807) is 13.0 Å². The zero-order valence-corrected chi connectivity index (χ0v) is 9.83. The lowest BCUT2D eigenvalue weighted by atomic mass is 10.3. The summed E-state index contributed by atoms with van der Waals surface area (Å²) in [5.41, 5.74) is 1.15. The van der Waals surface area contributed by atoms with Crippen LogP contribution < -0.4 is 4.74 Å². The Morgan fingerprint density at radius 1 is 1.28 bits per heavy atom. The summed E-state index contributed by atoms with van der Waals surface area (Å²) in [6.45, 7) is 1.94. The van der Waals surface area contributed by atoms with Gasteiger partial charge in [0.2, 0.25) is 5.82 Å². The number of aromatic nitrogens is 2. The Bertz CT molecular complexity index is 555. The summed E-state index contributed by atoms with van der Waals surface area (Å²) in [4.78, 5) is 18.5. The van der Waals surface area contributed by atoms with Gasteiger partial charge in [-0.2, -0.15) is 0 Å². The van der Waals surface area contributed by atoms with Gasteiger partial charge in [0.1, 0.15) is 12.4 Å². The van der Waals surface area contributed by atoms with Crippen LogP contribution in [0.3, 0.4) is 0 Å². The van der Waals surface area contributed by atoms with E-state index in [0.717, 1.165) is 0 Å². The molecule has 0 spiro atoms. The standard InChI is InChI=1S/C13H12N2O3/c1-9-7-10(15-12(14-9)13(16)17)8-18-11-5-3-2-4-6-11/h2-7H,8H2,1H3,(H,16,17). The summed E-state index contributed by atoms with van der Waals surface area (Å²) < 4.78 is 5.50. The minimum absolute atomic E-state index is 0.207.